The molecule has 7 aromatic carbocycles. The van der Waals surface area contributed by atoms with E-state index in [1.165, 1.54) is 27.4 Å². The zero-order valence-electron chi connectivity index (χ0n) is 30.9. The van der Waals surface area contributed by atoms with Crippen LogP contribution in [0.1, 0.15) is 52.0 Å². The molecular formula is C51H36N4O2. The summed E-state index contributed by atoms with van der Waals surface area (Å²) in [5.41, 5.74) is 11.6. The number of aliphatic imine (C=N–C) groups is 1. The monoisotopic (exact) mass is 736 g/mol. The minimum absolute atomic E-state index is 0.0211. The molecule has 10 aromatic rings. The predicted octanol–water partition coefficient (Wildman–Crippen LogP) is 12.0. The Hall–Kier alpha value is -7.15. The Morgan fingerprint density at radius 2 is 1.25 bits per heavy atom. The van der Waals surface area contributed by atoms with Gasteiger partial charge in [-0.05, 0) is 41.5 Å². The van der Waals surface area contributed by atoms with E-state index < -0.39 is 0 Å². The molecule has 0 saturated heterocycles. The number of allylic oxidation sites excluding steroid dienone is 1. The maximum absolute atomic E-state index is 6.76. The van der Waals surface area contributed by atoms with Gasteiger partial charge in [0.05, 0.1) is 11.6 Å². The van der Waals surface area contributed by atoms with Crippen molar-refractivity contribution >= 4 is 66.1 Å². The molecule has 0 radical (unpaired) electrons. The molecule has 3 aromatic heterocycles. The molecule has 57 heavy (non-hydrogen) atoms. The normalized spacial score (nSPS) is 18.2. The predicted molar refractivity (Wildman–Crippen MR) is 230 cm³/mol. The summed E-state index contributed by atoms with van der Waals surface area (Å²) >= 11 is 0. The summed E-state index contributed by atoms with van der Waals surface area (Å²) in [5.74, 6) is 1.78. The first-order valence-corrected chi connectivity index (χ1v) is 19.6. The maximum Gasteiger partial charge on any atom is 0.143 e. The number of benzene rings is 7. The number of nitrogens with zero attached hydrogens (tertiary/aromatic N) is 2. The molecule has 2 aliphatic rings. The average molecular weight is 737 g/mol. The maximum atomic E-state index is 6.76. The van der Waals surface area contributed by atoms with Gasteiger partial charge in [-0.1, -0.05) is 146 Å². The second-order valence-electron chi connectivity index (χ2n) is 15.1. The standard InChI is InChI=1S/C51H36N4O2/c1-3-14-31(15-4-1)49-52-50(32-16-5-2-6-17-32)54-51(53-49)33-26-27-36-35-18-7-10-23-43(35)55(44(36)28-33)34-29-41-38-20-9-12-25-46(38)57-48(41)42(30-34)40-22-13-21-39-37-19-8-11-24-45(37)56-47(39)40/h1-28,30,34,49,51,53H,29H2,(H,52,54). The fourth-order valence-electron chi connectivity index (χ4n) is 9.23. The lowest BCUT2D eigenvalue weighted by atomic mass is 9.87. The number of nitrogens with one attached hydrogen (secondary N) is 2. The number of aromatic nitrogens is 1. The van der Waals surface area contributed by atoms with Crippen LogP contribution in [0.2, 0.25) is 0 Å². The van der Waals surface area contributed by atoms with Crippen LogP contribution >= 0.6 is 0 Å². The van der Waals surface area contributed by atoms with Crippen LogP contribution in [0.4, 0.5) is 0 Å². The SMILES string of the molecule is C1=C(c2cccc3c2oc2ccccc23)c2oc3ccccc3c2CC1n1c2ccccc2c2ccc(C3N=C(c4ccccc4)NC(c4ccccc4)N3)cc21. The van der Waals surface area contributed by atoms with Gasteiger partial charge in [-0.3, -0.25) is 5.32 Å². The van der Waals surface area contributed by atoms with E-state index in [0.717, 1.165) is 78.8 Å². The molecule has 1 aliphatic heterocycles. The molecule has 2 N–H and O–H groups in total. The van der Waals surface area contributed by atoms with Crippen molar-refractivity contribution in [2.45, 2.75) is 24.8 Å². The van der Waals surface area contributed by atoms with E-state index >= 15 is 0 Å². The first-order chi connectivity index (χ1) is 28.2. The highest BCUT2D eigenvalue weighted by molar-refractivity contribution is 6.11. The van der Waals surface area contributed by atoms with Crippen LogP contribution in [0, 0.1) is 0 Å². The van der Waals surface area contributed by atoms with Crippen molar-refractivity contribution in [2.24, 2.45) is 4.99 Å². The fraction of sp³-hybridized carbons (Fsp3) is 0.0784. The Bertz CT molecular complexity index is 3240. The fourth-order valence-corrected chi connectivity index (χ4v) is 9.23. The van der Waals surface area contributed by atoms with Crippen LogP contribution < -0.4 is 10.6 Å². The van der Waals surface area contributed by atoms with Crippen molar-refractivity contribution in [1.29, 1.82) is 0 Å². The summed E-state index contributed by atoms with van der Waals surface area (Å²) < 4.78 is 15.9. The van der Waals surface area contributed by atoms with Crippen LogP contribution in [0.3, 0.4) is 0 Å². The second kappa shape index (κ2) is 12.7. The van der Waals surface area contributed by atoms with Gasteiger partial charge in [0.1, 0.15) is 40.7 Å². The van der Waals surface area contributed by atoms with Crippen molar-refractivity contribution < 1.29 is 8.83 Å². The second-order valence-corrected chi connectivity index (χ2v) is 15.1. The van der Waals surface area contributed by atoms with Gasteiger partial charge in [-0.25, -0.2) is 4.99 Å². The van der Waals surface area contributed by atoms with Crippen molar-refractivity contribution in [3.63, 3.8) is 0 Å². The number of furan rings is 2. The molecule has 4 heterocycles. The number of para-hydroxylation sites is 4. The summed E-state index contributed by atoms with van der Waals surface area (Å²) in [4.78, 5) is 5.31. The first kappa shape index (κ1) is 32.1. The molecule has 272 valence electrons. The van der Waals surface area contributed by atoms with Gasteiger partial charge < -0.3 is 18.7 Å². The van der Waals surface area contributed by atoms with Crippen LogP contribution in [0.5, 0.6) is 0 Å². The minimum Gasteiger partial charge on any atom is -0.456 e. The highest BCUT2D eigenvalue weighted by Crippen LogP contribution is 2.46. The zero-order valence-corrected chi connectivity index (χ0v) is 30.9. The third-order valence-corrected chi connectivity index (χ3v) is 11.8. The third-order valence-electron chi connectivity index (χ3n) is 11.8. The summed E-state index contributed by atoms with van der Waals surface area (Å²) in [5, 5.41) is 13.3. The van der Waals surface area contributed by atoms with Gasteiger partial charge in [-0.15, -0.1) is 0 Å². The molecular weight excluding hydrogens is 701 g/mol. The van der Waals surface area contributed by atoms with E-state index in [1.807, 2.05) is 18.2 Å². The molecule has 6 nitrogen and oxygen atoms in total. The third kappa shape index (κ3) is 5.11. The van der Waals surface area contributed by atoms with E-state index in [2.05, 4.69) is 173 Å². The molecule has 3 unspecified atom stereocenters. The number of hydrogen-bond acceptors (Lipinski definition) is 5. The molecule has 6 heteroatoms. The molecule has 0 saturated carbocycles. The summed E-state index contributed by atoms with van der Waals surface area (Å²) in [6, 6.07) is 59.8. The first-order valence-electron chi connectivity index (χ1n) is 19.6. The molecule has 0 spiro atoms. The topological polar surface area (TPSA) is 67.6 Å². The number of hydrogen-bond donors (Lipinski definition) is 2. The summed E-state index contributed by atoms with van der Waals surface area (Å²) in [7, 11) is 0. The van der Waals surface area contributed by atoms with E-state index in [1.54, 1.807) is 0 Å². The van der Waals surface area contributed by atoms with Crippen LogP contribution in [0.15, 0.2) is 190 Å². The number of amidine groups is 1. The van der Waals surface area contributed by atoms with E-state index in [4.69, 9.17) is 13.8 Å². The van der Waals surface area contributed by atoms with Crippen LogP contribution in [-0.2, 0) is 6.42 Å². The Labute approximate surface area is 328 Å². The van der Waals surface area contributed by atoms with Crippen molar-refractivity contribution in [1.82, 2.24) is 15.2 Å². The lowest BCUT2D eigenvalue weighted by molar-refractivity contribution is 0.409. The van der Waals surface area contributed by atoms with Gasteiger partial charge in [0.2, 0.25) is 0 Å². The van der Waals surface area contributed by atoms with Gasteiger partial charge in [0.25, 0.3) is 0 Å². The molecule has 1 aliphatic carbocycles. The van der Waals surface area contributed by atoms with Gasteiger partial charge in [0.15, 0.2) is 0 Å². The zero-order chi connectivity index (χ0) is 37.5. The van der Waals surface area contributed by atoms with Crippen LogP contribution in [0.25, 0.3) is 60.3 Å². The highest BCUT2D eigenvalue weighted by atomic mass is 16.3. The number of fused-ring (bicyclic) bond motifs is 9. The smallest absolute Gasteiger partial charge is 0.143 e. The molecule has 0 fully saturated rings. The molecule has 0 amide bonds. The summed E-state index contributed by atoms with van der Waals surface area (Å²) in [6.07, 6.45) is 2.78. The Kier molecular flexibility index (Phi) is 7.16. The van der Waals surface area contributed by atoms with Crippen LogP contribution in [-0.4, -0.2) is 10.4 Å². The molecule has 12 rings (SSSR count). The average Bonchev–Trinajstić information content (AvgIpc) is 3.96. The summed E-state index contributed by atoms with van der Waals surface area (Å²) in [6.45, 7) is 0. The van der Waals surface area contributed by atoms with E-state index in [-0.39, 0.29) is 18.4 Å². The Balaban J connectivity index is 1.06. The Morgan fingerprint density at radius 1 is 0.561 bits per heavy atom. The van der Waals surface area contributed by atoms with E-state index in [0.29, 0.717) is 0 Å². The van der Waals surface area contributed by atoms with Gasteiger partial charge >= 0.3 is 0 Å². The van der Waals surface area contributed by atoms with Crippen molar-refractivity contribution in [3.8, 4) is 0 Å². The quantitative estimate of drug-likeness (QED) is 0.185. The van der Waals surface area contributed by atoms with Gasteiger partial charge in [0, 0.05) is 61.1 Å². The molecule has 3 atom stereocenters. The highest BCUT2D eigenvalue weighted by Gasteiger charge is 2.32. The lowest BCUT2D eigenvalue weighted by Crippen LogP contribution is -2.44. The Morgan fingerprint density at radius 3 is 2.09 bits per heavy atom. The van der Waals surface area contributed by atoms with Crippen molar-refractivity contribution in [2.75, 3.05) is 0 Å². The largest absolute Gasteiger partial charge is 0.456 e. The lowest BCUT2D eigenvalue weighted by Gasteiger charge is -2.32. The number of rotatable bonds is 5. The van der Waals surface area contributed by atoms with Gasteiger partial charge in [-0.2, -0.15) is 0 Å². The molecule has 0 bridgehead atoms. The van der Waals surface area contributed by atoms with E-state index in [9.17, 15) is 0 Å². The van der Waals surface area contributed by atoms with Crippen molar-refractivity contribution in [3.05, 3.63) is 210 Å². The minimum atomic E-state index is -0.282.